The van der Waals surface area contributed by atoms with Gasteiger partial charge in [0.05, 0.1) is 12.7 Å². The molecule has 0 aliphatic rings. The molecule has 0 atom stereocenters. The van der Waals surface area contributed by atoms with E-state index in [-0.39, 0.29) is 6.10 Å². The van der Waals surface area contributed by atoms with Gasteiger partial charge in [-0.2, -0.15) is 0 Å². The van der Waals surface area contributed by atoms with E-state index >= 15 is 0 Å². The summed E-state index contributed by atoms with van der Waals surface area (Å²) >= 11 is 5.69. The summed E-state index contributed by atoms with van der Waals surface area (Å²) in [4.78, 5) is 3.98. The Morgan fingerprint density at radius 2 is 2.14 bits per heavy atom. The molecule has 0 amide bonds. The van der Waals surface area contributed by atoms with E-state index in [0.29, 0.717) is 24.2 Å². The number of ether oxygens (including phenoxy) is 2. The first kappa shape index (κ1) is 11.3. The molecule has 4 heteroatoms. The molecule has 1 heterocycles. The van der Waals surface area contributed by atoms with Crippen molar-refractivity contribution in [3.63, 3.8) is 0 Å². The van der Waals surface area contributed by atoms with Gasteiger partial charge in [-0.1, -0.05) is 17.7 Å². The third kappa shape index (κ3) is 4.44. The molecule has 0 aromatic carbocycles. The Kier molecular flexibility index (Phi) is 4.70. The maximum atomic E-state index is 5.69. The van der Waals surface area contributed by atoms with E-state index in [0.717, 1.165) is 0 Å². The lowest BCUT2D eigenvalue weighted by atomic mass is 10.5. The minimum absolute atomic E-state index is 0.228. The SMILES string of the molecule is CC(C)OCCOc1cccc(Cl)n1. The van der Waals surface area contributed by atoms with Crippen molar-refractivity contribution in [1.29, 1.82) is 0 Å². The molecule has 1 aromatic rings. The minimum Gasteiger partial charge on any atom is -0.475 e. The number of halogens is 1. The Balaban J connectivity index is 2.25. The van der Waals surface area contributed by atoms with Crippen molar-refractivity contribution < 1.29 is 9.47 Å². The molecule has 0 spiro atoms. The van der Waals surface area contributed by atoms with Crippen LogP contribution in [-0.4, -0.2) is 24.3 Å². The van der Waals surface area contributed by atoms with Crippen LogP contribution in [0.1, 0.15) is 13.8 Å². The van der Waals surface area contributed by atoms with Crippen molar-refractivity contribution in [3.05, 3.63) is 23.4 Å². The van der Waals surface area contributed by atoms with Gasteiger partial charge in [-0.15, -0.1) is 0 Å². The summed E-state index contributed by atoms with van der Waals surface area (Å²) in [6.45, 7) is 5.02. The van der Waals surface area contributed by atoms with Crippen LogP contribution in [0.4, 0.5) is 0 Å². The average Bonchev–Trinajstić information content (AvgIpc) is 2.12. The highest BCUT2D eigenvalue weighted by Crippen LogP contribution is 2.10. The third-order valence-electron chi connectivity index (χ3n) is 1.47. The molecule has 1 aromatic heterocycles. The second-order valence-corrected chi connectivity index (χ2v) is 3.45. The smallest absolute Gasteiger partial charge is 0.214 e. The Hall–Kier alpha value is -0.800. The highest BCUT2D eigenvalue weighted by atomic mass is 35.5. The van der Waals surface area contributed by atoms with E-state index < -0.39 is 0 Å². The molecule has 0 fully saturated rings. The van der Waals surface area contributed by atoms with Gasteiger partial charge in [0.1, 0.15) is 11.8 Å². The summed E-state index contributed by atoms with van der Waals surface area (Å²) in [6, 6.07) is 5.27. The van der Waals surface area contributed by atoms with Crippen LogP contribution >= 0.6 is 11.6 Å². The Bertz CT molecular complexity index is 279. The van der Waals surface area contributed by atoms with E-state index in [1.54, 1.807) is 18.2 Å². The van der Waals surface area contributed by atoms with Crippen LogP contribution < -0.4 is 4.74 Å². The van der Waals surface area contributed by atoms with Gasteiger partial charge in [-0.25, -0.2) is 4.98 Å². The van der Waals surface area contributed by atoms with Crippen LogP contribution in [-0.2, 0) is 4.74 Å². The summed E-state index contributed by atoms with van der Waals surface area (Å²) in [5.41, 5.74) is 0. The lowest BCUT2D eigenvalue weighted by molar-refractivity contribution is 0.0542. The van der Waals surface area contributed by atoms with Gasteiger partial charge in [-0.3, -0.25) is 0 Å². The normalized spacial score (nSPS) is 10.6. The van der Waals surface area contributed by atoms with Gasteiger partial charge in [-0.05, 0) is 19.9 Å². The van der Waals surface area contributed by atoms with Crippen LogP contribution in [0.15, 0.2) is 18.2 Å². The number of nitrogens with zero attached hydrogens (tertiary/aromatic N) is 1. The van der Waals surface area contributed by atoms with Crippen molar-refractivity contribution in [2.75, 3.05) is 13.2 Å². The van der Waals surface area contributed by atoms with Crippen LogP contribution in [0, 0.1) is 0 Å². The van der Waals surface area contributed by atoms with Crippen molar-refractivity contribution in [2.45, 2.75) is 20.0 Å². The molecule has 0 aliphatic carbocycles. The van der Waals surface area contributed by atoms with E-state index in [1.165, 1.54) is 0 Å². The fourth-order valence-electron chi connectivity index (χ4n) is 0.900. The van der Waals surface area contributed by atoms with Crippen LogP contribution in [0.3, 0.4) is 0 Å². The lowest BCUT2D eigenvalue weighted by Crippen LogP contribution is -2.11. The first-order valence-electron chi connectivity index (χ1n) is 4.55. The van der Waals surface area contributed by atoms with Crippen molar-refractivity contribution in [1.82, 2.24) is 4.98 Å². The van der Waals surface area contributed by atoms with Crippen molar-refractivity contribution in [3.8, 4) is 5.88 Å². The maximum Gasteiger partial charge on any atom is 0.214 e. The summed E-state index contributed by atoms with van der Waals surface area (Å²) in [7, 11) is 0. The molecule has 14 heavy (non-hydrogen) atoms. The first-order chi connectivity index (χ1) is 6.68. The Morgan fingerprint density at radius 1 is 1.36 bits per heavy atom. The highest BCUT2D eigenvalue weighted by Gasteiger charge is 1.97. The monoisotopic (exact) mass is 215 g/mol. The van der Waals surface area contributed by atoms with Crippen molar-refractivity contribution in [2.24, 2.45) is 0 Å². The van der Waals surface area contributed by atoms with Gasteiger partial charge in [0, 0.05) is 6.07 Å². The second-order valence-electron chi connectivity index (χ2n) is 3.07. The molecule has 0 bridgehead atoms. The second kappa shape index (κ2) is 5.83. The summed E-state index contributed by atoms with van der Waals surface area (Å²) in [6.07, 6.45) is 0.228. The molecule has 3 nitrogen and oxygen atoms in total. The number of hydrogen-bond acceptors (Lipinski definition) is 3. The molecule has 0 unspecified atom stereocenters. The zero-order valence-electron chi connectivity index (χ0n) is 8.37. The molecule has 0 aliphatic heterocycles. The van der Waals surface area contributed by atoms with E-state index in [4.69, 9.17) is 21.1 Å². The van der Waals surface area contributed by atoms with Gasteiger partial charge >= 0.3 is 0 Å². The third-order valence-corrected chi connectivity index (χ3v) is 1.68. The summed E-state index contributed by atoms with van der Waals surface area (Å²) < 4.78 is 10.6. The number of hydrogen-bond donors (Lipinski definition) is 0. The quantitative estimate of drug-likeness (QED) is 0.559. The van der Waals surface area contributed by atoms with Crippen LogP contribution in [0.25, 0.3) is 0 Å². The Morgan fingerprint density at radius 3 is 2.79 bits per heavy atom. The van der Waals surface area contributed by atoms with Gasteiger partial charge in [0.15, 0.2) is 0 Å². The van der Waals surface area contributed by atoms with E-state index in [1.807, 2.05) is 13.8 Å². The molecule has 0 N–H and O–H groups in total. The number of rotatable bonds is 5. The fourth-order valence-corrected chi connectivity index (χ4v) is 1.06. The van der Waals surface area contributed by atoms with E-state index in [9.17, 15) is 0 Å². The zero-order valence-corrected chi connectivity index (χ0v) is 9.12. The lowest BCUT2D eigenvalue weighted by Gasteiger charge is -2.08. The molecule has 0 saturated carbocycles. The molecular weight excluding hydrogens is 202 g/mol. The van der Waals surface area contributed by atoms with Gasteiger partial charge in [0.25, 0.3) is 0 Å². The summed E-state index contributed by atoms with van der Waals surface area (Å²) in [5, 5.41) is 0.437. The fraction of sp³-hybridized carbons (Fsp3) is 0.500. The first-order valence-corrected chi connectivity index (χ1v) is 4.93. The molecule has 1 rings (SSSR count). The van der Waals surface area contributed by atoms with E-state index in [2.05, 4.69) is 4.98 Å². The minimum atomic E-state index is 0.228. The maximum absolute atomic E-state index is 5.69. The standard InChI is InChI=1S/C10H14ClNO2/c1-8(2)13-6-7-14-10-5-3-4-9(11)12-10/h3-5,8H,6-7H2,1-2H3. The number of pyridine rings is 1. The molecular formula is C10H14ClNO2. The topological polar surface area (TPSA) is 31.4 Å². The predicted molar refractivity (Wildman–Crippen MR) is 55.8 cm³/mol. The highest BCUT2D eigenvalue weighted by molar-refractivity contribution is 6.29. The van der Waals surface area contributed by atoms with Gasteiger partial charge < -0.3 is 9.47 Å². The predicted octanol–water partition coefficient (Wildman–Crippen LogP) is 2.54. The van der Waals surface area contributed by atoms with Crippen LogP contribution in [0.5, 0.6) is 5.88 Å². The largest absolute Gasteiger partial charge is 0.475 e. The van der Waals surface area contributed by atoms with Crippen molar-refractivity contribution >= 4 is 11.6 Å². The zero-order chi connectivity index (χ0) is 10.4. The number of aromatic nitrogens is 1. The average molecular weight is 216 g/mol. The van der Waals surface area contributed by atoms with Crippen LogP contribution in [0.2, 0.25) is 5.15 Å². The molecule has 78 valence electrons. The Labute approximate surface area is 89.0 Å². The van der Waals surface area contributed by atoms with Gasteiger partial charge in [0.2, 0.25) is 5.88 Å². The molecule has 0 saturated heterocycles. The molecule has 0 radical (unpaired) electrons. The summed E-state index contributed by atoms with van der Waals surface area (Å²) in [5.74, 6) is 0.532.